The molecule has 162 valence electrons. The van der Waals surface area contributed by atoms with Gasteiger partial charge in [-0.3, -0.25) is 9.52 Å². The lowest BCUT2D eigenvalue weighted by Gasteiger charge is -2.11. The number of ether oxygens (including phenoxy) is 1. The summed E-state index contributed by atoms with van der Waals surface area (Å²) >= 11 is 7.63. The summed E-state index contributed by atoms with van der Waals surface area (Å²) in [5, 5.41) is 3.24. The molecule has 9 heteroatoms. The maximum Gasteiger partial charge on any atom is 0.262 e. The van der Waals surface area contributed by atoms with E-state index in [1.807, 2.05) is 31.4 Å². The summed E-state index contributed by atoms with van der Waals surface area (Å²) < 4.78 is 33.1. The minimum Gasteiger partial charge on any atom is -0.484 e. The van der Waals surface area contributed by atoms with Crippen LogP contribution in [0.2, 0.25) is 5.02 Å². The molecular weight excluding hydrogens is 456 g/mol. The van der Waals surface area contributed by atoms with E-state index in [0.29, 0.717) is 22.1 Å². The largest absolute Gasteiger partial charge is 0.484 e. The monoisotopic (exact) mass is 476 g/mol. The first-order valence-electron chi connectivity index (χ1n) is 9.22. The first kappa shape index (κ1) is 23.0. The van der Waals surface area contributed by atoms with E-state index in [1.54, 1.807) is 36.0 Å². The average molecular weight is 477 g/mol. The van der Waals surface area contributed by atoms with E-state index in [9.17, 15) is 13.2 Å². The second-order valence-corrected chi connectivity index (χ2v) is 9.58. The molecule has 0 aliphatic heterocycles. The molecule has 0 saturated heterocycles. The number of carbonyl (C=O) groups is 1. The first-order chi connectivity index (χ1) is 14.8. The van der Waals surface area contributed by atoms with Crippen molar-refractivity contribution in [2.75, 3.05) is 22.9 Å². The van der Waals surface area contributed by atoms with Crippen LogP contribution in [0.3, 0.4) is 0 Å². The van der Waals surface area contributed by atoms with E-state index in [4.69, 9.17) is 16.3 Å². The highest BCUT2D eigenvalue weighted by Gasteiger charge is 2.15. The van der Waals surface area contributed by atoms with Gasteiger partial charge in [0.1, 0.15) is 5.75 Å². The molecule has 0 aliphatic rings. The molecule has 0 spiro atoms. The zero-order chi connectivity index (χ0) is 22.4. The number of hydrogen-bond donors (Lipinski definition) is 2. The Morgan fingerprint density at radius 2 is 1.77 bits per heavy atom. The van der Waals surface area contributed by atoms with E-state index in [1.165, 1.54) is 24.3 Å². The van der Waals surface area contributed by atoms with Crippen LogP contribution in [0.4, 0.5) is 11.4 Å². The quantitative estimate of drug-likeness (QED) is 0.437. The van der Waals surface area contributed by atoms with Crippen LogP contribution in [0.1, 0.15) is 5.56 Å². The number of amides is 1. The van der Waals surface area contributed by atoms with E-state index in [2.05, 4.69) is 10.0 Å². The topological polar surface area (TPSA) is 84.5 Å². The number of hydrogen-bond acceptors (Lipinski definition) is 5. The molecule has 6 nitrogen and oxygen atoms in total. The molecule has 0 heterocycles. The lowest BCUT2D eigenvalue weighted by Crippen LogP contribution is -2.20. The van der Waals surface area contributed by atoms with Gasteiger partial charge in [0.25, 0.3) is 15.9 Å². The lowest BCUT2D eigenvalue weighted by molar-refractivity contribution is -0.118. The SMILES string of the molecule is CSc1cccc(NC(=O)COc2ccc(S(=O)(=O)Nc3ccc(C)c(Cl)c3)cc2)c1. The van der Waals surface area contributed by atoms with E-state index in [-0.39, 0.29) is 17.4 Å². The van der Waals surface area contributed by atoms with Crippen molar-refractivity contribution in [3.8, 4) is 5.75 Å². The van der Waals surface area contributed by atoms with E-state index < -0.39 is 10.0 Å². The summed E-state index contributed by atoms with van der Waals surface area (Å²) in [5.41, 5.74) is 1.91. The third-order valence-electron chi connectivity index (χ3n) is 4.28. The van der Waals surface area contributed by atoms with Gasteiger partial charge in [0.2, 0.25) is 0 Å². The fourth-order valence-corrected chi connectivity index (χ4v) is 4.32. The van der Waals surface area contributed by atoms with Crippen LogP contribution in [0.25, 0.3) is 0 Å². The molecule has 1 amide bonds. The smallest absolute Gasteiger partial charge is 0.262 e. The minimum absolute atomic E-state index is 0.0647. The van der Waals surface area contributed by atoms with Crippen LogP contribution < -0.4 is 14.8 Å². The minimum atomic E-state index is -3.78. The number of benzene rings is 3. The van der Waals surface area contributed by atoms with E-state index >= 15 is 0 Å². The van der Waals surface area contributed by atoms with Crippen LogP contribution in [0, 0.1) is 6.92 Å². The van der Waals surface area contributed by atoms with Crippen molar-refractivity contribution in [3.05, 3.63) is 77.3 Å². The van der Waals surface area contributed by atoms with Crippen LogP contribution in [0.15, 0.2) is 76.5 Å². The number of nitrogens with one attached hydrogen (secondary N) is 2. The Hall–Kier alpha value is -2.68. The van der Waals surface area contributed by atoms with Crippen LogP contribution in [0.5, 0.6) is 5.75 Å². The molecule has 3 aromatic carbocycles. The molecule has 3 aromatic rings. The molecule has 0 radical (unpaired) electrons. The van der Waals surface area contributed by atoms with Crippen molar-refractivity contribution in [1.29, 1.82) is 0 Å². The molecule has 0 aliphatic carbocycles. The number of rotatable bonds is 8. The molecule has 0 fully saturated rings. The Morgan fingerprint density at radius 3 is 2.45 bits per heavy atom. The third-order valence-corrected chi connectivity index (χ3v) is 6.81. The maximum atomic E-state index is 12.6. The zero-order valence-corrected chi connectivity index (χ0v) is 19.3. The molecule has 0 aromatic heterocycles. The molecule has 0 unspecified atom stereocenters. The lowest BCUT2D eigenvalue weighted by atomic mass is 10.2. The molecular formula is C22H21ClN2O4S2. The van der Waals surface area contributed by atoms with Gasteiger partial charge in [0.15, 0.2) is 6.61 Å². The van der Waals surface area contributed by atoms with Crippen molar-refractivity contribution in [3.63, 3.8) is 0 Å². The zero-order valence-electron chi connectivity index (χ0n) is 16.9. The van der Waals surface area contributed by atoms with Crippen molar-refractivity contribution in [1.82, 2.24) is 0 Å². The Morgan fingerprint density at radius 1 is 1.03 bits per heavy atom. The fraction of sp³-hybridized carbons (Fsp3) is 0.136. The highest BCUT2D eigenvalue weighted by Crippen LogP contribution is 2.24. The fourth-order valence-electron chi connectivity index (χ4n) is 2.63. The van der Waals surface area contributed by atoms with Gasteiger partial charge < -0.3 is 10.1 Å². The Bertz CT molecular complexity index is 1180. The molecule has 0 bridgehead atoms. The average Bonchev–Trinajstić information content (AvgIpc) is 2.75. The van der Waals surface area contributed by atoms with Gasteiger partial charge >= 0.3 is 0 Å². The number of sulfonamides is 1. The molecule has 0 atom stereocenters. The second-order valence-electron chi connectivity index (χ2n) is 6.61. The van der Waals surface area contributed by atoms with Gasteiger partial charge in [-0.1, -0.05) is 23.7 Å². The summed E-state index contributed by atoms with van der Waals surface area (Å²) in [6.07, 6.45) is 1.96. The number of halogens is 1. The van der Waals surface area contributed by atoms with Crippen molar-refractivity contribution in [2.45, 2.75) is 16.7 Å². The Labute approximate surface area is 191 Å². The summed E-state index contributed by atoms with van der Waals surface area (Å²) in [7, 11) is -3.78. The third kappa shape index (κ3) is 6.40. The van der Waals surface area contributed by atoms with Gasteiger partial charge in [-0.05, 0) is 73.3 Å². The molecule has 0 saturated carbocycles. The first-order valence-corrected chi connectivity index (χ1v) is 12.3. The molecule has 3 rings (SSSR count). The summed E-state index contributed by atoms with van der Waals surface area (Å²) in [6.45, 7) is 1.64. The van der Waals surface area contributed by atoms with Gasteiger partial charge in [0.05, 0.1) is 10.6 Å². The van der Waals surface area contributed by atoms with Gasteiger partial charge in [-0.25, -0.2) is 8.42 Å². The number of thioether (sulfide) groups is 1. The van der Waals surface area contributed by atoms with E-state index in [0.717, 1.165) is 10.5 Å². The normalized spacial score (nSPS) is 11.1. The number of carbonyl (C=O) groups excluding carboxylic acids is 1. The Kier molecular flexibility index (Phi) is 7.48. The van der Waals surface area contributed by atoms with Gasteiger partial charge in [-0.15, -0.1) is 11.8 Å². The van der Waals surface area contributed by atoms with Gasteiger partial charge in [0, 0.05) is 15.6 Å². The second kappa shape index (κ2) is 10.1. The standard InChI is InChI=1S/C22H21ClN2O4S2/c1-15-6-7-17(13-21(15)23)25-31(27,28)20-10-8-18(9-11-20)29-14-22(26)24-16-4-3-5-19(12-16)30-2/h3-13,25H,14H2,1-2H3,(H,24,26). The molecule has 31 heavy (non-hydrogen) atoms. The highest BCUT2D eigenvalue weighted by molar-refractivity contribution is 7.98. The van der Waals surface area contributed by atoms with Crippen molar-refractivity contribution in [2.24, 2.45) is 0 Å². The van der Waals surface area contributed by atoms with Crippen LogP contribution in [-0.2, 0) is 14.8 Å². The molecule has 2 N–H and O–H groups in total. The predicted octanol–water partition coefficient (Wildman–Crippen LogP) is 5.19. The predicted molar refractivity (Wildman–Crippen MR) is 126 cm³/mol. The highest BCUT2D eigenvalue weighted by atomic mass is 35.5. The summed E-state index contributed by atoms with van der Waals surface area (Å²) in [5.74, 6) is 0.0678. The summed E-state index contributed by atoms with van der Waals surface area (Å²) in [4.78, 5) is 13.2. The van der Waals surface area contributed by atoms with Gasteiger partial charge in [-0.2, -0.15) is 0 Å². The van der Waals surface area contributed by atoms with Crippen molar-refractivity contribution >= 4 is 50.7 Å². The number of aryl methyl sites for hydroxylation is 1. The summed E-state index contributed by atoms with van der Waals surface area (Å²) in [6, 6.07) is 18.2. The van der Waals surface area contributed by atoms with Crippen molar-refractivity contribution < 1.29 is 17.9 Å². The Balaban J connectivity index is 1.58. The number of anilines is 2. The van der Waals surface area contributed by atoms with Crippen LogP contribution >= 0.6 is 23.4 Å². The van der Waals surface area contributed by atoms with Crippen LogP contribution in [-0.4, -0.2) is 27.2 Å². The maximum absolute atomic E-state index is 12.6.